The molecule has 3 aromatic carbocycles. The van der Waals surface area contributed by atoms with Crippen LogP contribution in [0.2, 0.25) is 0 Å². The monoisotopic (exact) mass is 331 g/mol. The molecule has 1 fully saturated rings. The van der Waals surface area contributed by atoms with Gasteiger partial charge in [-0.25, -0.2) is 0 Å². The summed E-state index contributed by atoms with van der Waals surface area (Å²) >= 11 is 0. The lowest BCUT2D eigenvalue weighted by Gasteiger charge is -2.41. The SMILES string of the molecule is OCC1CCCN(Cc2ccccc2)C1c1cccc2ccccc12. The van der Waals surface area contributed by atoms with Gasteiger partial charge in [-0.15, -0.1) is 0 Å². The molecule has 0 radical (unpaired) electrons. The lowest BCUT2D eigenvalue weighted by Crippen LogP contribution is -2.39. The van der Waals surface area contributed by atoms with Gasteiger partial charge in [-0.05, 0) is 41.3 Å². The third-order valence-corrected chi connectivity index (χ3v) is 5.47. The Morgan fingerprint density at radius 3 is 2.48 bits per heavy atom. The third-order valence-electron chi connectivity index (χ3n) is 5.47. The molecule has 3 aromatic rings. The van der Waals surface area contributed by atoms with Crippen LogP contribution in [0.1, 0.15) is 30.0 Å². The van der Waals surface area contributed by atoms with E-state index in [4.69, 9.17) is 0 Å². The summed E-state index contributed by atoms with van der Waals surface area (Å²) in [5.74, 6) is 0.295. The van der Waals surface area contributed by atoms with Crippen molar-refractivity contribution in [3.05, 3.63) is 83.9 Å². The van der Waals surface area contributed by atoms with E-state index in [0.29, 0.717) is 5.92 Å². The average molecular weight is 331 g/mol. The highest BCUT2D eigenvalue weighted by Gasteiger charge is 2.33. The average Bonchev–Trinajstić information content (AvgIpc) is 2.68. The number of fused-ring (bicyclic) bond motifs is 1. The molecule has 1 aliphatic rings. The maximum atomic E-state index is 10.1. The smallest absolute Gasteiger partial charge is 0.0477 e. The molecule has 0 amide bonds. The van der Waals surface area contributed by atoms with Gasteiger partial charge in [-0.3, -0.25) is 4.90 Å². The molecule has 2 unspecified atom stereocenters. The van der Waals surface area contributed by atoms with Crippen LogP contribution >= 0.6 is 0 Å². The first-order valence-electron chi connectivity index (χ1n) is 9.23. The first-order chi connectivity index (χ1) is 12.4. The van der Waals surface area contributed by atoms with E-state index in [1.54, 1.807) is 0 Å². The lowest BCUT2D eigenvalue weighted by molar-refractivity contribution is 0.0502. The van der Waals surface area contributed by atoms with Gasteiger partial charge < -0.3 is 5.11 Å². The molecule has 1 aliphatic heterocycles. The summed E-state index contributed by atoms with van der Waals surface area (Å²) in [5, 5.41) is 12.6. The summed E-state index contributed by atoms with van der Waals surface area (Å²) in [6.45, 7) is 2.27. The summed E-state index contributed by atoms with van der Waals surface area (Å²) in [5.41, 5.74) is 2.69. The molecule has 0 bridgehead atoms. The summed E-state index contributed by atoms with van der Waals surface area (Å²) < 4.78 is 0. The van der Waals surface area contributed by atoms with Crippen LogP contribution in [-0.4, -0.2) is 23.2 Å². The summed E-state index contributed by atoms with van der Waals surface area (Å²) in [7, 11) is 0. The number of likely N-dealkylation sites (tertiary alicyclic amines) is 1. The Morgan fingerprint density at radius 1 is 0.880 bits per heavy atom. The van der Waals surface area contributed by atoms with Crippen LogP contribution in [0.25, 0.3) is 10.8 Å². The minimum Gasteiger partial charge on any atom is -0.396 e. The summed E-state index contributed by atoms with van der Waals surface area (Å²) in [6.07, 6.45) is 2.25. The Labute approximate surface area is 149 Å². The molecule has 0 saturated carbocycles. The van der Waals surface area contributed by atoms with Gasteiger partial charge in [-0.1, -0.05) is 72.8 Å². The van der Waals surface area contributed by atoms with Crippen molar-refractivity contribution in [2.24, 2.45) is 5.92 Å². The number of benzene rings is 3. The van der Waals surface area contributed by atoms with Crippen molar-refractivity contribution < 1.29 is 5.11 Å². The van der Waals surface area contributed by atoms with Gasteiger partial charge in [0.1, 0.15) is 0 Å². The van der Waals surface area contributed by atoms with E-state index in [1.165, 1.54) is 21.9 Å². The topological polar surface area (TPSA) is 23.5 Å². The van der Waals surface area contributed by atoms with E-state index in [1.807, 2.05) is 0 Å². The van der Waals surface area contributed by atoms with Crippen LogP contribution in [0.15, 0.2) is 72.8 Å². The molecule has 1 saturated heterocycles. The molecule has 0 aromatic heterocycles. The van der Waals surface area contributed by atoms with E-state index >= 15 is 0 Å². The molecule has 0 spiro atoms. The van der Waals surface area contributed by atoms with Crippen molar-refractivity contribution in [3.63, 3.8) is 0 Å². The summed E-state index contributed by atoms with van der Waals surface area (Å²) in [4.78, 5) is 2.56. The number of piperidine rings is 1. The van der Waals surface area contributed by atoms with Gasteiger partial charge in [0.2, 0.25) is 0 Å². The number of hydrogen-bond donors (Lipinski definition) is 1. The quantitative estimate of drug-likeness (QED) is 0.743. The molecule has 128 valence electrons. The second kappa shape index (κ2) is 7.38. The molecule has 2 atom stereocenters. The minimum absolute atomic E-state index is 0.249. The predicted octanol–water partition coefficient (Wildman–Crippen LogP) is 4.79. The van der Waals surface area contributed by atoms with Crippen molar-refractivity contribution in [1.29, 1.82) is 0 Å². The number of nitrogens with zero attached hydrogens (tertiary/aromatic N) is 1. The van der Waals surface area contributed by atoms with Gasteiger partial charge in [-0.2, -0.15) is 0 Å². The van der Waals surface area contributed by atoms with E-state index in [2.05, 4.69) is 77.7 Å². The van der Waals surface area contributed by atoms with Gasteiger partial charge >= 0.3 is 0 Å². The molecule has 0 aliphatic carbocycles. The van der Waals surface area contributed by atoms with E-state index in [0.717, 1.165) is 25.9 Å². The van der Waals surface area contributed by atoms with Gasteiger partial charge in [0.15, 0.2) is 0 Å². The number of hydrogen-bond acceptors (Lipinski definition) is 2. The van der Waals surface area contributed by atoms with E-state index in [9.17, 15) is 5.11 Å². The largest absolute Gasteiger partial charge is 0.396 e. The minimum atomic E-state index is 0.249. The fraction of sp³-hybridized carbons (Fsp3) is 0.304. The van der Waals surface area contributed by atoms with Crippen molar-refractivity contribution in [3.8, 4) is 0 Å². The van der Waals surface area contributed by atoms with E-state index < -0.39 is 0 Å². The number of aliphatic hydroxyl groups excluding tert-OH is 1. The zero-order chi connectivity index (χ0) is 17.1. The van der Waals surface area contributed by atoms with Crippen molar-refractivity contribution in [1.82, 2.24) is 4.90 Å². The number of rotatable bonds is 4. The number of aliphatic hydroxyl groups is 1. The fourth-order valence-corrected chi connectivity index (χ4v) is 4.30. The highest BCUT2D eigenvalue weighted by Crippen LogP contribution is 2.39. The van der Waals surface area contributed by atoms with Crippen LogP contribution in [0, 0.1) is 5.92 Å². The molecule has 2 nitrogen and oxygen atoms in total. The van der Waals surface area contributed by atoms with Crippen LogP contribution in [0.5, 0.6) is 0 Å². The Hall–Kier alpha value is -2.16. The zero-order valence-corrected chi connectivity index (χ0v) is 14.5. The third kappa shape index (κ3) is 3.33. The molecule has 2 heteroatoms. The Kier molecular flexibility index (Phi) is 4.82. The van der Waals surface area contributed by atoms with Gasteiger partial charge in [0, 0.05) is 25.1 Å². The Bertz CT molecular complexity index is 824. The second-order valence-corrected chi connectivity index (χ2v) is 7.05. The molecule has 4 rings (SSSR count). The van der Waals surface area contributed by atoms with Crippen molar-refractivity contribution in [2.75, 3.05) is 13.2 Å². The maximum Gasteiger partial charge on any atom is 0.0477 e. The lowest BCUT2D eigenvalue weighted by atomic mass is 9.83. The molecular formula is C23H25NO. The molecule has 25 heavy (non-hydrogen) atoms. The first-order valence-corrected chi connectivity index (χ1v) is 9.23. The summed E-state index contributed by atoms with van der Waals surface area (Å²) in [6, 6.07) is 26.1. The van der Waals surface area contributed by atoms with E-state index in [-0.39, 0.29) is 12.6 Å². The highest BCUT2D eigenvalue weighted by atomic mass is 16.3. The van der Waals surface area contributed by atoms with Crippen LogP contribution in [-0.2, 0) is 6.54 Å². The standard InChI is InChI=1S/C23H25NO/c25-17-20-12-7-15-24(16-18-8-2-1-3-9-18)23(20)22-14-6-11-19-10-4-5-13-21(19)22/h1-6,8-11,13-14,20,23,25H,7,12,15-17H2. The van der Waals surface area contributed by atoms with Crippen molar-refractivity contribution >= 4 is 10.8 Å². The van der Waals surface area contributed by atoms with Gasteiger partial charge in [0.05, 0.1) is 0 Å². The molecule has 1 N–H and O–H groups in total. The van der Waals surface area contributed by atoms with Crippen molar-refractivity contribution in [2.45, 2.75) is 25.4 Å². The highest BCUT2D eigenvalue weighted by molar-refractivity contribution is 5.86. The van der Waals surface area contributed by atoms with Crippen LogP contribution in [0.3, 0.4) is 0 Å². The van der Waals surface area contributed by atoms with Crippen LogP contribution in [0.4, 0.5) is 0 Å². The normalized spacial score (nSPS) is 21.5. The Morgan fingerprint density at radius 2 is 1.64 bits per heavy atom. The maximum absolute atomic E-state index is 10.1. The zero-order valence-electron chi connectivity index (χ0n) is 14.5. The first kappa shape index (κ1) is 16.3. The van der Waals surface area contributed by atoms with Crippen LogP contribution < -0.4 is 0 Å². The second-order valence-electron chi connectivity index (χ2n) is 7.05. The molecule has 1 heterocycles. The fourth-order valence-electron chi connectivity index (χ4n) is 4.30. The molecular weight excluding hydrogens is 306 g/mol. The van der Waals surface area contributed by atoms with Gasteiger partial charge in [0.25, 0.3) is 0 Å². The predicted molar refractivity (Wildman–Crippen MR) is 103 cm³/mol. The Balaban J connectivity index is 1.75.